The summed E-state index contributed by atoms with van der Waals surface area (Å²) in [4.78, 5) is 22.4. The van der Waals surface area contributed by atoms with Gasteiger partial charge in [-0.15, -0.1) is 0 Å². The van der Waals surface area contributed by atoms with Gasteiger partial charge in [-0.05, 0) is 18.4 Å². The third-order valence-electron chi connectivity index (χ3n) is 2.82. The number of aldehydes is 1. The number of rotatable bonds is 3. The van der Waals surface area contributed by atoms with Crippen molar-refractivity contribution in [1.29, 1.82) is 0 Å². The van der Waals surface area contributed by atoms with Gasteiger partial charge >= 0.3 is 0 Å². The SMILES string of the molecule is CC(=O)c1cc(C=O)c2ccccc2c1S(N)(=O)=O. The van der Waals surface area contributed by atoms with E-state index in [4.69, 9.17) is 5.14 Å². The van der Waals surface area contributed by atoms with Crippen LogP contribution in [0.25, 0.3) is 10.8 Å². The van der Waals surface area contributed by atoms with Gasteiger partial charge in [0.25, 0.3) is 0 Å². The van der Waals surface area contributed by atoms with Crippen molar-refractivity contribution in [2.24, 2.45) is 5.14 Å². The molecule has 0 saturated carbocycles. The van der Waals surface area contributed by atoms with Crippen LogP contribution in [-0.4, -0.2) is 20.5 Å². The molecule has 98 valence electrons. The first-order valence-corrected chi connectivity index (χ1v) is 6.95. The molecule has 0 amide bonds. The van der Waals surface area contributed by atoms with E-state index in [1.807, 2.05) is 0 Å². The van der Waals surface area contributed by atoms with E-state index in [2.05, 4.69) is 0 Å². The maximum Gasteiger partial charge on any atom is 0.239 e. The van der Waals surface area contributed by atoms with Crippen LogP contribution in [0, 0.1) is 0 Å². The molecule has 0 aliphatic heterocycles. The van der Waals surface area contributed by atoms with Crippen molar-refractivity contribution in [2.45, 2.75) is 11.8 Å². The minimum atomic E-state index is -4.07. The van der Waals surface area contributed by atoms with E-state index in [0.29, 0.717) is 11.7 Å². The van der Waals surface area contributed by atoms with E-state index in [9.17, 15) is 18.0 Å². The Bertz CT molecular complexity index is 794. The van der Waals surface area contributed by atoms with Crippen LogP contribution in [-0.2, 0) is 10.0 Å². The second kappa shape index (κ2) is 4.56. The van der Waals surface area contributed by atoms with Crippen LogP contribution >= 0.6 is 0 Å². The Balaban J connectivity index is 3.11. The van der Waals surface area contributed by atoms with Crippen molar-refractivity contribution in [2.75, 3.05) is 0 Å². The van der Waals surface area contributed by atoms with E-state index in [-0.39, 0.29) is 21.4 Å². The van der Waals surface area contributed by atoms with Crippen molar-refractivity contribution in [3.8, 4) is 0 Å². The number of ketones is 1. The molecule has 2 aromatic carbocycles. The van der Waals surface area contributed by atoms with Gasteiger partial charge < -0.3 is 0 Å². The largest absolute Gasteiger partial charge is 0.298 e. The molecule has 0 aliphatic carbocycles. The summed E-state index contributed by atoms with van der Waals surface area (Å²) in [5.74, 6) is -0.460. The number of Topliss-reactive ketones (excluding diaryl/α,β-unsaturated/α-hetero) is 1. The summed E-state index contributed by atoms with van der Waals surface area (Å²) in [5, 5.41) is 5.91. The highest BCUT2D eigenvalue weighted by Crippen LogP contribution is 2.29. The Morgan fingerprint density at radius 1 is 1.21 bits per heavy atom. The minimum absolute atomic E-state index is 0.0664. The number of nitrogens with two attached hydrogens (primary N) is 1. The first kappa shape index (κ1) is 13.4. The monoisotopic (exact) mass is 277 g/mol. The van der Waals surface area contributed by atoms with E-state index < -0.39 is 15.8 Å². The van der Waals surface area contributed by atoms with Crippen LogP contribution in [0.2, 0.25) is 0 Å². The molecule has 0 aliphatic rings. The van der Waals surface area contributed by atoms with Crippen LogP contribution in [0.3, 0.4) is 0 Å². The predicted molar refractivity (Wildman–Crippen MR) is 70.7 cm³/mol. The zero-order valence-electron chi connectivity index (χ0n) is 10.1. The van der Waals surface area contributed by atoms with Gasteiger partial charge in [0.1, 0.15) is 4.90 Å². The summed E-state index contributed by atoms with van der Waals surface area (Å²) in [6, 6.07) is 7.69. The predicted octanol–water partition coefficient (Wildman–Crippen LogP) is 1.50. The smallest absolute Gasteiger partial charge is 0.239 e. The zero-order chi connectivity index (χ0) is 14.2. The fourth-order valence-corrected chi connectivity index (χ4v) is 3.04. The Morgan fingerprint density at radius 3 is 2.26 bits per heavy atom. The number of benzene rings is 2. The van der Waals surface area contributed by atoms with Gasteiger partial charge in [0, 0.05) is 16.5 Å². The zero-order valence-corrected chi connectivity index (χ0v) is 10.9. The molecule has 5 nitrogen and oxygen atoms in total. The van der Waals surface area contributed by atoms with Crippen LogP contribution < -0.4 is 5.14 Å². The molecule has 2 rings (SSSR count). The number of primary sulfonamides is 1. The van der Waals surface area contributed by atoms with E-state index in [1.165, 1.54) is 19.1 Å². The van der Waals surface area contributed by atoms with E-state index >= 15 is 0 Å². The second-order valence-corrected chi connectivity index (χ2v) is 5.61. The molecule has 0 heterocycles. The maximum atomic E-state index is 11.7. The highest BCUT2D eigenvalue weighted by molar-refractivity contribution is 7.89. The molecule has 0 fully saturated rings. The van der Waals surface area contributed by atoms with Crippen molar-refractivity contribution in [1.82, 2.24) is 0 Å². The Morgan fingerprint density at radius 2 is 1.79 bits per heavy atom. The molecule has 0 aromatic heterocycles. The topological polar surface area (TPSA) is 94.3 Å². The molecule has 2 N–H and O–H groups in total. The quantitative estimate of drug-likeness (QED) is 0.679. The summed E-state index contributed by atoms with van der Waals surface area (Å²) in [7, 11) is -4.07. The highest BCUT2D eigenvalue weighted by Gasteiger charge is 2.22. The number of carbonyl (C=O) groups is 2. The molecule has 0 atom stereocenters. The normalized spacial score (nSPS) is 11.5. The van der Waals surface area contributed by atoms with Crippen LogP contribution in [0.1, 0.15) is 27.6 Å². The summed E-state index contributed by atoms with van der Waals surface area (Å²) < 4.78 is 23.4. The van der Waals surface area contributed by atoms with E-state index in [1.54, 1.807) is 18.2 Å². The number of hydrogen-bond acceptors (Lipinski definition) is 4. The molecule has 19 heavy (non-hydrogen) atoms. The third kappa shape index (κ3) is 2.27. The van der Waals surface area contributed by atoms with Gasteiger partial charge in [-0.25, -0.2) is 13.6 Å². The van der Waals surface area contributed by atoms with Crippen molar-refractivity contribution in [3.63, 3.8) is 0 Å². The lowest BCUT2D eigenvalue weighted by atomic mass is 10.00. The molecule has 0 bridgehead atoms. The summed E-state index contributed by atoms with van der Waals surface area (Å²) in [6.07, 6.45) is 0.585. The Labute approximate surface area is 110 Å². The second-order valence-electron chi connectivity index (χ2n) is 4.11. The average molecular weight is 277 g/mol. The van der Waals surface area contributed by atoms with Crippen molar-refractivity contribution >= 4 is 32.9 Å². The number of hydrogen-bond donors (Lipinski definition) is 1. The lowest BCUT2D eigenvalue weighted by molar-refractivity contribution is 0.101. The highest BCUT2D eigenvalue weighted by atomic mass is 32.2. The van der Waals surface area contributed by atoms with Crippen LogP contribution in [0.15, 0.2) is 35.2 Å². The third-order valence-corrected chi connectivity index (χ3v) is 3.83. The average Bonchev–Trinajstić information content (AvgIpc) is 2.35. The van der Waals surface area contributed by atoms with Crippen molar-refractivity contribution < 1.29 is 18.0 Å². The first-order valence-electron chi connectivity index (χ1n) is 5.41. The molecular formula is C13H11NO4S. The maximum absolute atomic E-state index is 11.7. The van der Waals surface area contributed by atoms with Gasteiger partial charge in [0.05, 0.1) is 0 Å². The lowest BCUT2D eigenvalue weighted by Crippen LogP contribution is -2.17. The fraction of sp³-hybridized carbons (Fsp3) is 0.0769. The van der Waals surface area contributed by atoms with E-state index in [0.717, 1.165) is 0 Å². The molecule has 0 radical (unpaired) electrons. The molecule has 0 spiro atoms. The molecule has 2 aromatic rings. The fourth-order valence-electron chi connectivity index (χ4n) is 2.04. The van der Waals surface area contributed by atoms with Gasteiger partial charge in [-0.2, -0.15) is 0 Å². The van der Waals surface area contributed by atoms with Crippen LogP contribution in [0.5, 0.6) is 0 Å². The standard InChI is InChI=1S/C13H11NO4S/c1-8(16)12-6-9(7-15)10-4-2-3-5-11(10)13(12)19(14,17)18/h2-7H,1H3,(H2,14,17,18). The van der Waals surface area contributed by atoms with Crippen LogP contribution in [0.4, 0.5) is 0 Å². The number of carbonyl (C=O) groups excluding carboxylic acids is 2. The van der Waals surface area contributed by atoms with Gasteiger partial charge in [-0.3, -0.25) is 9.59 Å². The Kier molecular flexibility index (Phi) is 3.21. The summed E-state index contributed by atoms with van der Waals surface area (Å²) in [6.45, 7) is 1.23. The molecule has 0 unspecified atom stereocenters. The summed E-state index contributed by atoms with van der Waals surface area (Å²) >= 11 is 0. The number of fused-ring (bicyclic) bond motifs is 1. The van der Waals surface area contributed by atoms with Gasteiger partial charge in [0.2, 0.25) is 10.0 Å². The number of sulfonamides is 1. The lowest BCUT2D eigenvalue weighted by Gasteiger charge is -2.11. The first-order chi connectivity index (χ1) is 8.86. The minimum Gasteiger partial charge on any atom is -0.298 e. The molecule has 6 heteroatoms. The molecule has 0 saturated heterocycles. The van der Waals surface area contributed by atoms with Gasteiger partial charge in [-0.1, -0.05) is 24.3 Å². The van der Waals surface area contributed by atoms with Crippen molar-refractivity contribution in [3.05, 3.63) is 41.5 Å². The van der Waals surface area contributed by atoms with Gasteiger partial charge in [0.15, 0.2) is 12.1 Å². The molecular weight excluding hydrogens is 266 g/mol. The Hall–Kier alpha value is -2.05. The summed E-state index contributed by atoms with van der Waals surface area (Å²) in [5.41, 5.74) is 0.191.